The zero-order chi connectivity index (χ0) is 19.6. The molecule has 142 valence electrons. The maximum atomic E-state index is 13.4. The molecule has 0 spiro atoms. The fraction of sp³-hybridized carbons (Fsp3) is 0.304. The molecule has 1 amide bonds. The van der Waals surface area contributed by atoms with Gasteiger partial charge in [0.1, 0.15) is 18.9 Å². The van der Waals surface area contributed by atoms with Crippen LogP contribution in [0.1, 0.15) is 37.5 Å². The molecule has 0 bridgehead atoms. The predicted octanol–water partition coefficient (Wildman–Crippen LogP) is 4.43. The quantitative estimate of drug-likeness (QED) is 0.742. The minimum Gasteiger partial charge on any atom is -0.486 e. The molecule has 0 saturated carbocycles. The van der Waals surface area contributed by atoms with E-state index in [0.29, 0.717) is 36.1 Å². The van der Waals surface area contributed by atoms with Crippen LogP contribution in [0, 0.1) is 6.92 Å². The van der Waals surface area contributed by atoms with E-state index in [-0.39, 0.29) is 5.91 Å². The Morgan fingerprint density at radius 2 is 1.71 bits per heavy atom. The summed E-state index contributed by atoms with van der Waals surface area (Å²) in [6, 6.07) is 9.75. The van der Waals surface area contributed by atoms with Crippen LogP contribution in [-0.4, -0.2) is 30.4 Å². The van der Waals surface area contributed by atoms with Gasteiger partial charge in [0.25, 0.3) is 5.91 Å². The summed E-state index contributed by atoms with van der Waals surface area (Å²) < 4.78 is 11.2. The van der Waals surface area contributed by atoms with E-state index in [1.807, 2.05) is 23.1 Å². The van der Waals surface area contributed by atoms with E-state index in [1.54, 1.807) is 0 Å². The van der Waals surface area contributed by atoms with E-state index in [4.69, 9.17) is 14.5 Å². The zero-order valence-corrected chi connectivity index (χ0v) is 16.5. The van der Waals surface area contributed by atoms with Crippen LogP contribution in [0.15, 0.2) is 41.4 Å². The molecule has 0 fully saturated rings. The van der Waals surface area contributed by atoms with Gasteiger partial charge in [0, 0.05) is 17.2 Å². The summed E-state index contributed by atoms with van der Waals surface area (Å²) in [7, 11) is 0. The molecule has 3 heterocycles. The molecule has 0 atom stereocenters. The maximum Gasteiger partial charge on any atom is 0.278 e. The standard InChI is InChI=1S/C23H22N2O3/c1-13-9-16-14(2)12-23(3,4)25-21(16)17(10-13)20(22(25)26)24-15-5-6-18-19(11-15)28-8-7-27-18/h5-6,9-12H,7-8H2,1-4H3. The highest BCUT2D eigenvalue weighted by Gasteiger charge is 2.45. The number of ether oxygens (including phenoxy) is 2. The molecule has 3 aliphatic heterocycles. The Balaban J connectivity index is 1.69. The Hall–Kier alpha value is -3.08. The van der Waals surface area contributed by atoms with E-state index >= 15 is 0 Å². The van der Waals surface area contributed by atoms with Crippen LogP contribution < -0.4 is 14.4 Å². The lowest BCUT2D eigenvalue weighted by Gasteiger charge is -2.38. The monoisotopic (exact) mass is 374 g/mol. The minimum atomic E-state index is -0.401. The normalized spacial score (nSPS) is 20.3. The molecule has 0 radical (unpaired) electrons. The van der Waals surface area contributed by atoms with Crippen LogP contribution in [0.2, 0.25) is 0 Å². The molecule has 5 heteroatoms. The summed E-state index contributed by atoms with van der Waals surface area (Å²) in [5.41, 5.74) is 6.04. The van der Waals surface area contributed by atoms with Crippen molar-refractivity contribution in [2.75, 3.05) is 18.1 Å². The van der Waals surface area contributed by atoms with E-state index in [9.17, 15) is 4.79 Å². The Bertz CT molecular complexity index is 1100. The van der Waals surface area contributed by atoms with E-state index in [2.05, 4.69) is 45.9 Å². The topological polar surface area (TPSA) is 51.1 Å². The van der Waals surface area contributed by atoms with Gasteiger partial charge < -0.3 is 9.47 Å². The van der Waals surface area contributed by atoms with Gasteiger partial charge in [0.05, 0.1) is 16.9 Å². The summed E-state index contributed by atoms with van der Waals surface area (Å²) in [6.07, 6.45) is 2.16. The summed E-state index contributed by atoms with van der Waals surface area (Å²) in [5, 5.41) is 0. The van der Waals surface area contributed by atoms with Gasteiger partial charge in [-0.25, -0.2) is 4.99 Å². The van der Waals surface area contributed by atoms with Crippen LogP contribution in [0.5, 0.6) is 11.5 Å². The Kier molecular flexibility index (Phi) is 3.48. The van der Waals surface area contributed by atoms with Gasteiger partial charge in [-0.2, -0.15) is 0 Å². The fourth-order valence-electron chi connectivity index (χ4n) is 4.38. The molecule has 5 nitrogen and oxygen atoms in total. The third-order valence-corrected chi connectivity index (χ3v) is 5.48. The first-order chi connectivity index (χ1) is 13.3. The molecule has 28 heavy (non-hydrogen) atoms. The number of hydrogen-bond donors (Lipinski definition) is 0. The van der Waals surface area contributed by atoms with Crippen molar-refractivity contribution in [2.45, 2.75) is 33.2 Å². The van der Waals surface area contributed by atoms with Crippen LogP contribution in [0.25, 0.3) is 5.57 Å². The molecular formula is C23H22N2O3. The number of rotatable bonds is 1. The van der Waals surface area contributed by atoms with Crippen molar-refractivity contribution in [3.05, 3.63) is 53.1 Å². The average molecular weight is 374 g/mol. The second-order valence-corrected chi connectivity index (χ2v) is 8.12. The number of carbonyl (C=O) groups excluding carboxylic acids is 1. The second kappa shape index (κ2) is 5.71. The lowest BCUT2D eigenvalue weighted by Crippen LogP contribution is -2.47. The van der Waals surface area contributed by atoms with E-state index in [0.717, 1.165) is 22.4 Å². The smallest absolute Gasteiger partial charge is 0.278 e. The number of allylic oxidation sites excluding steroid dienone is 1. The van der Waals surface area contributed by atoms with Crippen molar-refractivity contribution in [2.24, 2.45) is 4.99 Å². The first kappa shape index (κ1) is 17.0. The second-order valence-electron chi connectivity index (χ2n) is 8.12. The molecule has 0 aromatic heterocycles. The lowest BCUT2D eigenvalue weighted by atomic mass is 9.88. The number of aliphatic imine (C=N–C) groups is 1. The van der Waals surface area contributed by atoms with Gasteiger partial charge in [-0.15, -0.1) is 0 Å². The number of amides is 1. The molecule has 2 aromatic carbocycles. The highest BCUT2D eigenvalue weighted by molar-refractivity contribution is 6.55. The fourth-order valence-corrected chi connectivity index (χ4v) is 4.38. The van der Waals surface area contributed by atoms with Gasteiger partial charge in [-0.05, 0) is 63.1 Å². The number of hydrogen-bond acceptors (Lipinski definition) is 4. The number of fused-ring (bicyclic) bond motifs is 1. The number of anilines is 1. The Morgan fingerprint density at radius 1 is 1.00 bits per heavy atom. The Morgan fingerprint density at radius 3 is 2.50 bits per heavy atom. The van der Waals surface area contributed by atoms with Gasteiger partial charge >= 0.3 is 0 Å². The number of benzene rings is 2. The highest BCUT2D eigenvalue weighted by atomic mass is 16.6. The lowest BCUT2D eigenvalue weighted by molar-refractivity contribution is -0.112. The van der Waals surface area contributed by atoms with Crippen molar-refractivity contribution < 1.29 is 14.3 Å². The first-order valence-electron chi connectivity index (χ1n) is 9.53. The average Bonchev–Trinajstić information content (AvgIpc) is 2.92. The number of aryl methyl sites for hydroxylation is 1. The van der Waals surface area contributed by atoms with Crippen LogP contribution in [-0.2, 0) is 4.79 Å². The van der Waals surface area contributed by atoms with Crippen molar-refractivity contribution in [3.8, 4) is 11.5 Å². The first-order valence-corrected chi connectivity index (χ1v) is 9.53. The molecular weight excluding hydrogens is 352 g/mol. The van der Waals surface area contributed by atoms with Gasteiger partial charge in [0.2, 0.25) is 0 Å². The Labute approximate surface area is 164 Å². The van der Waals surface area contributed by atoms with Gasteiger partial charge in [-0.3, -0.25) is 9.69 Å². The van der Waals surface area contributed by atoms with Crippen LogP contribution >= 0.6 is 0 Å². The third-order valence-electron chi connectivity index (χ3n) is 5.48. The molecule has 0 saturated heterocycles. The van der Waals surface area contributed by atoms with Crippen LogP contribution in [0.4, 0.5) is 11.4 Å². The van der Waals surface area contributed by atoms with Gasteiger partial charge in [-0.1, -0.05) is 6.08 Å². The minimum absolute atomic E-state index is 0.0644. The maximum absolute atomic E-state index is 13.4. The molecule has 0 aliphatic carbocycles. The molecule has 0 unspecified atom stereocenters. The highest BCUT2D eigenvalue weighted by Crippen LogP contribution is 2.46. The molecule has 0 N–H and O–H groups in total. The van der Waals surface area contributed by atoms with Crippen molar-refractivity contribution in [1.82, 2.24) is 0 Å². The van der Waals surface area contributed by atoms with Gasteiger partial charge in [0.15, 0.2) is 11.5 Å². The van der Waals surface area contributed by atoms with Crippen LogP contribution in [0.3, 0.4) is 0 Å². The molecule has 3 aliphatic rings. The van der Waals surface area contributed by atoms with Crippen molar-refractivity contribution in [3.63, 3.8) is 0 Å². The van der Waals surface area contributed by atoms with E-state index in [1.165, 1.54) is 5.57 Å². The van der Waals surface area contributed by atoms with Crippen molar-refractivity contribution in [1.29, 1.82) is 0 Å². The summed E-state index contributed by atoms with van der Waals surface area (Å²) in [5.74, 6) is 1.32. The third kappa shape index (κ3) is 2.39. The predicted molar refractivity (Wildman–Crippen MR) is 110 cm³/mol. The zero-order valence-electron chi connectivity index (χ0n) is 16.5. The number of nitrogens with zero attached hydrogens (tertiary/aromatic N) is 2. The van der Waals surface area contributed by atoms with E-state index < -0.39 is 5.54 Å². The summed E-state index contributed by atoms with van der Waals surface area (Å²) in [6.45, 7) is 9.35. The number of carbonyl (C=O) groups is 1. The molecule has 5 rings (SSSR count). The summed E-state index contributed by atoms with van der Waals surface area (Å²) in [4.78, 5) is 20.0. The largest absolute Gasteiger partial charge is 0.486 e. The summed E-state index contributed by atoms with van der Waals surface area (Å²) >= 11 is 0. The van der Waals surface area contributed by atoms with Crippen molar-refractivity contribution >= 4 is 28.6 Å². The molecule has 2 aromatic rings. The SMILES string of the molecule is CC1=CC(C)(C)N2C(=O)C(=Nc3ccc4c(c3)OCCO4)c3cc(C)cc1c32.